The van der Waals surface area contributed by atoms with Crippen LogP contribution in [-0.4, -0.2) is 6.04 Å². The third-order valence-electron chi connectivity index (χ3n) is 2.40. The lowest BCUT2D eigenvalue weighted by atomic mass is 9.93. The SMILES string of the molecule is Fc1cc(I)ccc1NC1CCC1. The molecule has 0 heterocycles. The highest BCUT2D eigenvalue weighted by atomic mass is 127. The van der Waals surface area contributed by atoms with Gasteiger partial charge in [0.15, 0.2) is 0 Å². The molecule has 1 saturated carbocycles. The first-order chi connectivity index (χ1) is 6.25. The molecule has 0 radical (unpaired) electrons. The zero-order valence-electron chi connectivity index (χ0n) is 7.19. The van der Waals surface area contributed by atoms with Crippen molar-refractivity contribution >= 4 is 28.3 Å². The lowest BCUT2D eigenvalue weighted by Gasteiger charge is -2.27. The molecule has 70 valence electrons. The number of rotatable bonds is 2. The van der Waals surface area contributed by atoms with Gasteiger partial charge in [0.2, 0.25) is 0 Å². The van der Waals surface area contributed by atoms with Crippen LogP contribution in [-0.2, 0) is 0 Å². The summed E-state index contributed by atoms with van der Waals surface area (Å²) in [6.45, 7) is 0. The highest BCUT2D eigenvalue weighted by Gasteiger charge is 2.17. The van der Waals surface area contributed by atoms with Crippen LogP contribution in [0.2, 0.25) is 0 Å². The van der Waals surface area contributed by atoms with E-state index in [1.54, 1.807) is 6.07 Å². The number of hydrogen-bond donors (Lipinski definition) is 1. The van der Waals surface area contributed by atoms with Crippen molar-refractivity contribution in [3.05, 3.63) is 27.6 Å². The average molecular weight is 291 g/mol. The van der Waals surface area contributed by atoms with E-state index in [-0.39, 0.29) is 5.82 Å². The topological polar surface area (TPSA) is 12.0 Å². The predicted molar refractivity (Wildman–Crippen MR) is 60.4 cm³/mol. The van der Waals surface area contributed by atoms with Crippen molar-refractivity contribution in [2.45, 2.75) is 25.3 Å². The normalized spacial score (nSPS) is 16.8. The molecule has 2 rings (SSSR count). The van der Waals surface area contributed by atoms with Crippen molar-refractivity contribution in [3.8, 4) is 0 Å². The van der Waals surface area contributed by atoms with E-state index in [1.165, 1.54) is 19.3 Å². The summed E-state index contributed by atoms with van der Waals surface area (Å²) in [5, 5.41) is 3.20. The van der Waals surface area contributed by atoms with Crippen LogP contribution < -0.4 is 5.32 Å². The highest BCUT2D eigenvalue weighted by Crippen LogP contribution is 2.25. The highest BCUT2D eigenvalue weighted by molar-refractivity contribution is 14.1. The average Bonchev–Trinajstić information content (AvgIpc) is 1.99. The van der Waals surface area contributed by atoms with Crippen molar-refractivity contribution in [2.24, 2.45) is 0 Å². The van der Waals surface area contributed by atoms with Gasteiger partial charge in [0.05, 0.1) is 5.69 Å². The van der Waals surface area contributed by atoms with E-state index in [2.05, 4.69) is 27.9 Å². The van der Waals surface area contributed by atoms with Gasteiger partial charge in [-0.05, 0) is 60.1 Å². The Bertz CT molecular complexity index is 310. The van der Waals surface area contributed by atoms with Gasteiger partial charge in [-0.25, -0.2) is 4.39 Å². The van der Waals surface area contributed by atoms with Gasteiger partial charge >= 0.3 is 0 Å². The lowest BCUT2D eigenvalue weighted by molar-refractivity contribution is 0.443. The molecule has 0 atom stereocenters. The molecule has 1 nitrogen and oxygen atoms in total. The van der Waals surface area contributed by atoms with Crippen LogP contribution in [0.1, 0.15) is 19.3 Å². The fourth-order valence-corrected chi connectivity index (χ4v) is 1.83. The van der Waals surface area contributed by atoms with Crippen LogP contribution in [0.4, 0.5) is 10.1 Å². The number of halogens is 2. The maximum Gasteiger partial charge on any atom is 0.147 e. The second-order valence-electron chi connectivity index (χ2n) is 3.40. The molecule has 13 heavy (non-hydrogen) atoms. The summed E-state index contributed by atoms with van der Waals surface area (Å²) in [6.07, 6.45) is 3.61. The first-order valence-corrected chi connectivity index (χ1v) is 5.55. The molecule has 0 aliphatic heterocycles. The number of benzene rings is 1. The monoisotopic (exact) mass is 291 g/mol. The largest absolute Gasteiger partial charge is 0.380 e. The van der Waals surface area contributed by atoms with E-state index in [0.717, 1.165) is 3.57 Å². The number of nitrogens with one attached hydrogen (secondary N) is 1. The molecule has 1 aromatic rings. The molecule has 1 aliphatic rings. The molecule has 0 aromatic heterocycles. The Morgan fingerprint density at radius 2 is 2.15 bits per heavy atom. The summed E-state index contributed by atoms with van der Waals surface area (Å²) in [5.41, 5.74) is 0.644. The molecule has 3 heteroatoms. The summed E-state index contributed by atoms with van der Waals surface area (Å²) in [6, 6.07) is 5.79. The fourth-order valence-electron chi connectivity index (χ4n) is 1.38. The third kappa shape index (κ3) is 2.13. The van der Waals surface area contributed by atoms with E-state index < -0.39 is 0 Å². The van der Waals surface area contributed by atoms with Crippen LogP contribution in [0.25, 0.3) is 0 Å². The Labute approximate surface area is 90.9 Å². The summed E-state index contributed by atoms with van der Waals surface area (Å²) >= 11 is 2.11. The maximum atomic E-state index is 13.3. The van der Waals surface area contributed by atoms with Crippen LogP contribution in [0.15, 0.2) is 18.2 Å². The molecule has 0 saturated heterocycles. The molecule has 0 spiro atoms. The van der Waals surface area contributed by atoms with Crippen molar-refractivity contribution in [1.82, 2.24) is 0 Å². The van der Waals surface area contributed by atoms with Gasteiger partial charge in [-0.1, -0.05) is 0 Å². The van der Waals surface area contributed by atoms with Gasteiger partial charge in [0, 0.05) is 9.61 Å². The maximum absolute atomic E-state index is 13.3. The second kappa shape index (κ2) is 3.82. The van der Waals surface area contributed by atoms with E-state index in [0.29, 0.717) is 11.7 Å². The molecule has 0 unspecified atom stereocenters. The summed E-state index contributed by atoms with van der Waals surface area (Å²) in [5.74, 6) is -0.140. The van der Waals surface area contributed by atoms with E-state index >= 15 is 0 Å². The Balaban J connectivity index is 2.10. The van der Waals surface area contributed by atoms with Crippen LogP contribution in [0, 0.1) is 9.39 Å². The molecule has 1 N–H and O–H groups in total. The van der Waals surface area contributed by atoms with Gasteiger partial charge in [0.1, 0.15) is 5.82 Å². The molecule has 1 aliphatic carbocycles. The summed E-state index contributed by atoms with van der Waals surface area (Å²) < 4.78 is 14.2. The minimum absolute atomic E-state index is 0.140. The zero-order valence-corrected chi connectivity index (χ0v) is 9.34. The van der Waals surface area contributed by atoms with Crippen LogP contribution in [0.3, 0.4) is 0 Å². The first kappa shape index (κ1) is 9.24. The van der Waals surface area contributed by atoms with Crippen molar-refractivity contribution in [1.29, 1.82) is 0 Å². The van der Waals surface area contributed by atoms with Crippen molar-refractivity contribution in [3.63, 3.8) is 0 Å². The first-order valence-electron chi connectivity index (χ1n) is 4.47. The van der Waals surface area contributed by atoms with Crippen molar-refractivity contribution < 1.29 is 4.39 Å². The molecule has 0 bridgehead atoms. The number of anilines is 1. The second-order valence-corrected chi connectivity index (χ2v) is 4.64. The van der Waals surface area contributed by atoms with Gasteiger partial charge in [-0.15, -0.1) is 0 Å². The van der Waals surface area contributed by atoms with E-state index in [1.807, 2.05) is 12.1 Å². The smallest absolute Gasteiger partial charge is 0.147 e. The van der Waals surface area contributed by atoms with Crippen molar-refractivity contribution in [2.75, 3.05) is 5.32 Å². The standard InChI is InChI=1S/C10H11FIN/c11-9-6-7(12)4-5-10(9)13-8-2-1-3-8/h4-6,8,13H,1-3H2. The quantitative estimate of drug-likeness (QED) is 0.824. The Kier molecular flexibility index (Phi) is 2.71. The van der Waals surface area contributed by atoms with E-state index in [9.17, 15) is 4.39 Å². The third-order valence-corrected chi connectivity index (χ3v) is 3.07. The Morgan fingerprint density at radius 1 is 1.38 bits per heavy atom. The van der Waals surface area contributed by atoms with Gasteiger partial charge in [0.25, 0.3) is 0 Å². The molecule has 0 amide bonds. The molecule has 1 fully saturated rings. The predicted octanol–water partition coefficient (Wildman–Crippen LogP) is 3.39. The fraction of sp³-hybridized carbons (Fsp3) is 0.400. The zero-order chi connectivity index (χ0) is 9.26. The lowest BCUT2D eigenvalue weighted by Crippen LogP contribution is -2.27. The molecular formula is C10H11FIN. The van der Waals surface area contributed by atoms with Gasteiger partial charge < -0.3 is 5.32 Å². The van der Waals surface area contributed by atoms with Crippen LogP contribution >= 0.6 is 22.6 Å². The van der Waals surface area contributed by atoms with Gasteiger partial charge in [-0.2, -0.15) is 0 Å². The minimum atomic E-state index is -0.140. The number of hydrogen-bond acceptors (Lipinski definition) is 1. The summed E-state index contributed by atoms with van der Waals surface area (Å²) in [7, 11) is 0. The summed E-state index contributed by atoms with van der Waals surface area (Å²) in [4.78, 5) is 0. The Morgan fingerprint density at radius 3 is 2.69 bits per heavy atom. The Hall–Kier alpha value is -0.320. The van der Waals surface area contributed by atoms with E-state index in [4.69, 9.17) is 0 Å². The minimum Gasteiger partial charge on any atom is -0.380 e. The van der Waals surface area contributed by atoms with Gasteiger partial charge in [-0.3, -0.25) is 0 Å². The van der Waals surface area contributed by atoms with Crippen LogP contribution in [0.5, 0.6) is 0 Å². The molecule has 1 aromatic carbocycles. The molecular weight excluding hydrogens is 280 g/mol.